The van der Waals surface area contributed by atoms with Crippen molar-refractivity contribution in [3.05, 3.63) is 182 Å². The summed E-state index contributed by atoms with van der Waals surface area (Å²) >= 11 is 0. The van der Waals surface area contributed by atoms with Crippen molar-refractivity contribution in [2.75, 3.05) is 0 Å². The van der Waals surface area contributed by atoms with Crippen molar-refractivity contribution in [3.8, 4) is 33.4 Å². The Hall–Kier alpha value is -6.70. The predicted molar refractivity (Wildman–Crippen MR) is 218 cm³/mol. The van der Waals surface area contributed by atoms with E-state index < -0.39 is 0 Å². The molecule has 0 fully saturated rings. The molecular formula is C50H30O. The fourth-order valence-electron chi connectivity index (χ4n) is 8.30. The molecule has 0 radical (unpaired) electrons. The molecule has 0 spiro atoms. The lowest BCUT2D eigenvalue weighted by Gasteiger charge is -2.12. The topological polar surface area (TPSA) is 13.1 Å². The Bertz CT molecular complexity index is 3200. The Morgan fingerprint density at radius 3 is 1.25 bits per heavy atom. The van der Waals surface area contributed by atoms with Gasteiger partial charge in [-0.1, -0.05) is 133 Å². The van der Waals surface area contributed by atoms with Gasteiger partial charge in [-0.3, -0.25) is 0 Å². The molecule has 0 saturated carbocycles. The van der Waals surface area contributed by atoms with Crippen molar-refractivity contribution in [3.63, 3.8) is 0 Å². The summed E-state index contributed by atoms with van der Waals surface area (Å²) in [7, 11) is 0. The van der Waals surface area contributed by atoms with Crippen molar-refractivity contribution >= 4 is 75.8 Å². The average Bonchev–Trinajstić information content (AvgIpc) is 3.57. The van der Waals surface area contributed by atoms with Crippen LogP contribution in [0.4, 0.5) is 0 Å². The molecule has 1 nitrogen and oxygen atoms in total. The van der Waals surface area contributed by atoms with Gasteiger partial charge in [0.15, 0.2) is 0 Å². The van der Waals surface area contributed by atoms with Gasteiger partial charge in [0, 0.05) is 10.8 Å². The summed E-state index contributed by atoms with van der Waals surface area (Å²) in [5, 5.41) is 14.9. The number of rotatable bonds is 3. The Labute approximate surface area is 294 Å². The van der Waals surface area contributed by atoms with Gasteiger partial charge in [-0.25, -0.2) is 0 Å². The summed E-state index contributed by atoms with van der Waals surface area (Å²) in [6, 6.07) is 66.3. The second-order valence-electron chi connectivity index (χ2n) is 13.7. The molecule has 0 unspecified atom stereocenters. The third-order valence-electron chi connectivity index (χ3n) is 10.8. The van der Waals surface area contributed by atoms with Gasteiger partial charge in [0.05, 0.1) is 0 Å². The third-order valence-corrected chi connectivity index (χ3v) is 10.8. The minimum atomic E-state index is 0.902. The second-order valence-corrected chi connectivity index (χ2v) is 13.7. The molecule has 11 rings (SSSR count). The highest BCUT2D eigenvalue weighted by Gasteiger charge is 2.14. The summed E-state index contributed by atoms with van der Waals surface area (Å²) in [6.45, 7) is 0. The lowest BCUT2D eigenvalue weighted by molar-refractivity contribution is 0.669. The molecule has 0 N–H and O–H groups in total. The molecule has 0 aliphatic rings. The maximum absolute atomic E-state index is 6.62. The van der Waals surface area contributed by atoms with Crippen LogP contribution in [0.1, 0.15) is 0 Å². The van der Waals surface area contributed by atoms with Crippen LogP contribution in [-0.2, 0) is 0 Å². The summed E-state index contributed by atoms with van der Waals surface area (Å²) in [4.78, 5) is 0. The van der Waals surface area contributed by atoms with Gasteiger partial charge in [0.1, 0.15) is 11.2 Å². The molecular weight excluding hydrogens is 617 g/mol. The molecule has 0 saturated heterocycles. The normalized spacial score (nSPS) is 11.9. The molecule has 1 heteroatoms. The molecule has 1 heterocycles. The summed E-state index contributed by atoms with van der Waals surface area (Å²) in [6.07, 6.45) is 0. The highest BCUT2D eigenvalue weighted by Crippen LogP contribution is 2.40. The van der Waals surface area contributed by atoms with Crippen LogP contribution in [0.25, 0.3) is 109 Å². The molecule has 0 amide bonds. The van der Waals surface area contributed by atoms with Crippen molar-refractivity contribution in [1.29, 1.82) is 0 Å². The van der Waals surface area contributed by atoms with Gasteiger partial charge < -0.3 is 4.42 Å². The summed E-state index contributed by atoms with van der Waals surface area (Å²) in [5.74, 6) is 0. The standard InChI is InChI=1S/C50H30O/c1-3-11-39-34(9-1)27-47(43-15-7-5-13-41(39)43)36-20-18-31-17-19-32(25-38(31)26-36)33-21-23-45-46-24-22-37(30-50(46)51-49(45)29-33)48-28-35-10-2-4-12-40(35)42-14-6-8-16-44(42)48/h1-30H. The largest absolute Gasteiger partial charge is 0.456 e. The lowest BCUT2D eigenvalue weighted by atomic mass is 9.91. The SMILES string of the molecule is c1ccc2c(c1)cc(-c1ccc3ccc(-c4ccc5c(c4)oc4cc(-c6cc7ccccc7c7ccccc67)ccc45)cc3c1)c1ccccc12. The Balaban J connectivity index is 1.01. The van der Waals surface area contributed by atoms with E-state index in [1.807, 2.05) is 0 Å². The van der Waals surface area contributed by atoms with E-state index in [4.69, 9.17) is 4.42 Å². The maximum Gasteiger partial charge on any atom is 0.136 e. The van der Waals surface area contributed by atoms with Crippen LogP contribution in [0.5, 0.6) is 0 Å². The average molecular weight is 647 g/mol. The zero-order valence-corrected chi connectivity index (χ0v) is 27.7. The molecule has 11 aromatic rings. The summed E-state index contributed by atoms with van der Waals surface area (Å²) in [5.41, 5.74) is 9.00. The molecule has 1 aromatic heterocycles. The maximum atomic E-state index is 6.62. The van der Waals surface area contributed by atoms with Crippen LogP contribution in [0, 0.1) is 0 Å². The first-order valence-electron chi connectivity index (χ1n) is 17.6. The number of hydrogen-bond donors (Lipinski definition) is 0. The van der Waals surface area contributed by atoms with Crippen LogP contribution in [0.15, 0.2) is 186 Å². The van der Waals surface area contributed by atoms with Crippen molar-refractivity contribution in [1.82, 2.24) is 0 Å². The zero-order chi connectivity index (χ0) is 33.5. The van der Waals surface area contributed by atoms with Crippen molar-refractivity contribution in [2.24, 2.45) is 0 Å². The molecule has 0 aliphatic heterocycles. The third kappa shape index (κ3) is 4.42. The van der Waals surface area contributed by atoms with Gasteiger partial charge in [0.2, 0.25) is 0 Å². The minimum Gasteiger partial charge on any atom is -0.456 e. The molecule has 0 atom stereocenters. The van der Waals surface area contributed by atoms with Crippen LogP contribution < -0.4 is 0 Å². The van der Waals surface area contributed by atoms with Crippen LogP contribution >= 0.6 is 0 Å². The van der Waals surface area contributed by atoms with E-state index in [0.717, 1.165) is 33.1 Å². The van der Waals surface area contributed by atoms with Crippen LogP contribution in [-0.4, -0.2) is 0 Å². The predicted octanol–water partition coefficient (Wildman–Crippen LogP) is 14.4. The highest BCUT2D eigenvalue weighted by atomic mass is 16.3. The molecule has 51 heavy (non-hydrogen) atoms. The van der Waals surface area contributed by atoms with Gasteiger partial charge >= 0.3 is 0 Å². The minimum absolute atomic E-state index is 0.902. The lowest BCUT2D eigenvalue weighted by Crippen LogP contribution is -1.85. The number of benzene rings is 10. The number of hydrogen-bond acceptors (Lipinski definition) is 1. The van der Waals surface area contributed by atoms with E-state index in [0.29, 0.717) is 0 Å². The Kier molecular flexibility index (Phi) is 6.02. The fraction of sp³-hybridized carbons (Fsp3) is 0. The van der Waals surface area contributed by atoms with Crippen molar-refractivity contribution in [2.45, 2.75) is 0 Å². The van der Waals surface area contributed by atoms with E-state index in [-0.39, 0.29) is 0 Å². The second kappa shape index (κ2) is 10.9. The van der Waals surface area contributed by atoms with Gasteiger partial charge in [-0.05, 0) is 136 Å². The van der Waals surface area contributed by atoms with E-state index in [1.54, 1.807) is 0 Å². The first kappa shape index (κ1) is 28.2. The van der Waals surface area contributed by atoms with Gasteiger partial charge in [0.25, 0.3) is 0 Å². The number of fused-ring (bicyclic) bond motifs is 10. The quantitative estimate of drug-likeness (QED) is 0.174. The Morgan fingerprint density at radius 1 is 0.235 bits per heavy atom. The van der Waals surface area contributed by atoms with Gasteiger partial charge in [-0.2, -0.15) is 0 Å². The van der Waals surface area contributed by atoms with Crippen LogP contribution in [0.2, 0.25) is 0 Å². The monoisotopic (exact) mass is 646 g/mol. The van der Waals surface area contributed by atoms with E-state index in [9.17, 15) is 0 Å². The molecule has 0 aliphatic carbocycles. The van der Waals surface area contributed by atoms with Crippen molar-refractivity contribution < 1.29 is 4.42 Å². The highest BCUT2D eigenvalue weighted by molar-refractivity contribution is 6.16. The number of furan rings is 1. The Morgan fingerprint density at radius 2 is 0.647 bits per heavy atom. The fourth-order valence-corrected chi connectivity index (χ4v) is 8.30. The molecule has 236 valence electrons. The first-order valence-corrected chi connectivity index (χ1v) is 17.6. The van der Waals surface area contributed by atoms with E-state index >= 15 is 0 Å². The molecule has 0 bridgehead atoms. The smallest absolute Gasteiger partial charge is 0.136 e. The first-order chi connectivity index (χ1) is 25.2. The van der Waals surface area contributed by atoms with E-state index in [1.165, 1.54) is 76.1 Å². The summed E-state index contributed by atoms with van der Waals surface area (Å²) < 4.78 is 6.62. The van der Waals surface area contributed by atoms with E-state index in [2.05, 4.69) is 182 Å². The molecule has 10 aromatic carbocycles. The zero-order valence-electron chi connectivity index (χ0n) is 27.7. The van der Waals surface area contributed by atoms with Crippen LogP contribution in [0.3, 0.4) is 0 Å². The van der Waals surface area contributed by atoms with Gasteiger partial charge in [-0.15, -0.1) is 0 Å².